The van der Waals surface area contributed by atoms with Crippen molar-refractivity contribution in [3.8, 4) is 0 Å². The summed E-state index contributed by atoms with van der Waals surface area (Å²) in [5.74, 6) is -0.684. The molecule has 0 aromatic carbocycles. The van der Waals surface area contributed by atoms with Crippen LogP contribution in [0.5, 0.6) is 0 Å². The van der Waals surface area contributed by atoms with E-state index in [1.165, 1.54) is 0 Å². The van der Waals surface area contributed by atoms with Crippen LogP contribution in [0.25, 0.3) is 0 Å². The molecule has 0 aliphatic heterocycles. The number of hydrogen-bond donors (Lipinski definition) is 2. The summed E-state index contributed by atoms with van der Waals surface area (Å²) >= 11 is 0. The van der Waals surface area contributed by atoms with Crippen LogP contribution in [0, 0.1) is 0 Å². The van der Waals surface area contributed by atoms with E-state index in [4.69, 9.17) is 5.11 Å². The Morgan fingerprint density at radius 1 is 1.70 bits per heavy atom. The fraction of sp³-hybridized carbons (Fsp3) is 0.333. The van der Waals surface area contributed by atoms with E-state index in [-0.39, 0.29) is 38.4 Å². The summed E-state index contributed by atoms with van der Waals surface area (Å²) in [5, 5.41) is 20.2. The molecule has 0 saturated heterocycles. The summed E-state index contributed by atoms with van der Waals surface area (Å²) in [5.41, 5.74) is 0. The number of aliphatic carboxylic acids is 1. The number of carboxylic acid groups (broad SMARTS) is 1. The molecular formula is C3H7BiN4O2. The van der Waals surface area contributed by atoms with Gasteiger partial charge in [0.25, 0.3) is 0 Å². The van der Waals surface area contributed by atoms with Crippen LogP contribution in [0.4, 0.5) is 0 Å². The van der Waals surface area contributed by atoms with Gasteiger partial charge in [-0.2, -0.15) is 0 Å². The number of nitrogens with one attached hydrogen (secondary N) is 1. The van der Waals surface area contributed by atoms with Crippen molar-refractivity contribution in [1.82, 2.24) is 20.6 Å². The SMILES string of the molecule is O=C(O)Cc1nnn[nH]1.[BiH3]. The number of rotatable bonds is 2. The van der Waals surface area contributed by atoms with Crippen molar-refractivity contribution in [2.45, 2.75) is 6.42 Å². The van der Waals surface area contributed by atoms with Crippen molar-refractivity contribution >= 4 is 32.2 Å². The van der Waals surface area contributed by atoms with Gasteiger partial charge < -0.3 is 5.11 Å². The van der Waals surface area contributed by atoms with E-state index in [0.717, 1.165) is 0 Å². The Kier molecular flexibility index (Phi) is 4.03. The van der Waals surface area contributed by atoms with Crippen LogP contribution >= 0.6 is 0 Å². The molecule has 0 radical (unpaired) electrons. The van der Waals surface area contributed by atoms with Gasteiger partial charge in [0.2, 0.25) is 0 Å². The quantitative estimate of drug-likeness (QED) is 0.588. The number of carboxylic acids is 1. The fourth-order valence-electron chi connectivity index (χ4n) is 0.397. The van der Waals surface area contributed by atoms with Gasteiger partial charge in [-0.05, 0) is 10.4 Å². The zero-order valence-electron chi connectivity index (χ0n) is 5.11. The van der Waals surface area contributed by atoms with Crippen LogP contribution < -0.4 is 0 Å². The van der Waals surface area contributed by atoms with E-state index in [9.17, 15) is 4.79 Å². The molecule has 56 valence electrons. The first-order valence-electron chi connectivity index (χ1n) is 2.23. The zero-order chi connectivity index (χ0) is 6.69. The van der Waals surface area contributed by atoms with Gasteiger partial charge in [0.15, 0.2) is 5.82 Å². The molecule has 0 saturated carbocycles. The average molecular weight is 340 g/mol. The Morgan fingerprint density at radius 2 is 2.40 bits per heavy atom. The first-order chi connectivity index (χ1) is 4.29. The fourth-order valence-corrected chi connectivity index (χ4v) is 0.397. The molecule has 7 heteroatoms. The summed E-state index contributed by atoms with van der Waals surface area (Å²) < 4.78 is 0. The van der Waals surface area contributed by atoms with Crippen LogP contribution in [-0.2, 0) is 11.2 Å². The van der Waals surface area contributed by atoms with Gasteiger partial charge >= 0.3 is 32.2 Å². The summed E-state index contributed by atoms with van der Waals surface area (Å²) in [6.07, 6.45) is -0.160. The molecule has 1 aromatic rings. The number of carbonyl (C=O) groups is 1. The van der Waals surface area contributed by atoms with Crippen molar-refractivity contribution in [2.24, 2.45) is 0 Å². The normalized spacial score (nSPS) is 8.40. The van der Waals surface area contributed by atoms with Gasteiger partial charge in [-0.25, -0.2) is 5.10 Å². The zero-order valence-corrected chi connectivity index (χ0v) is 10.6. The second-order valence-corrected chi connectivity index (χ2v) is 1.42. The molecule has 1 rings (SSSR count). The van der Waals surface area contributed by atoms with Gasteiger partial charge in [0.05, 0.1) is 0 Å². The third kappa shape index (κ3) is 2.82. The molecule has 0 aliphatic rings. The topological polar surface area (TPSA) is 91.8 Å². The van der Waals surface area contributed by atoms with Gasteiger partial charge in [0, 0.05) is 0 Å². The number of H-pyrrole nitrogens is 1. The Labute approximate surface area is 75.1 Å². The first kappa shape index (κ1) is 9.42. The Balaban J connectivity index is 0.000000810. The van der Waals surface area contributed by atoms with E-state index >= 15 is 0 Å². The molecule has 1 aromatic heterocycles. The van der Waals surface area contributed by atoms with Gasteiger partial charge in [-0.1, -0.05) is 0 Å². The van der Waals surface area contributed by atoms with E-state index in [0.29, 0.717) is 0 Å². The minimum absolute atomic E-state index is 0. The standard InChI is InChI=1S/C3H4N4O2.Bi.3H/c8-3(9)1-2-4-6-7-5-2;;;;/h1H2,(H,8,9)(H,4,5,6,7);;;;. The molecule has 0 atom stereocenters. The maximum absolute atomic E-state index is 9.95. The van der Waals surface area contributed by atoms with Crippen LogP contribution in [0.15, 0.2) is 0 Å². The van der Waals surface area contributed by atoms with Crippen molar-refractivity contribution in [1.29, 1.82) is 0 Å². The minimum atomic E-state index is -0.950. The molecule has 1 heterocycles. The van der Waals surface area contributed by atoms with E-state index in [1.54, 1.807) is 0 Å². The van der Waals surface area contributed by atoms with Gasteiger partial charge in [-0.3, -0.25) is 4.79 Å². The van der Waals surface area contributed by atoms with Gasteiger partial charge in [-0.15, -0.1) is 5.10 Å². The van der Waals surface area contributed by atoms with Crippen molar-refractivity contribution in [3.63, 3.8) is 0 Å². The molecule has 0 bridgehead atoms. The summed E-state index contributed by atoms with van der Waals surface area (Å²) in [7, 11) is 0. The second-order valence-electron chi connectivity index (χ2n) is 1.42. The molecule has 10 heavy (non-hydrogen) atoms. The predicted molar refractivity (Wildman–Crippen MR) is 35.5 cm³/mol. The molecule has 2 N–H and O–H groups in total. The van der Waals surface area contributed by atoms with Crippen molar-refractivity contribution in [2.75, 3.05) is 0 Å². The number of hydrogen-bond acceptors (Lipinski definition) is 4. The predicted octanol–water partition coefficient (Wildman–Crippen LogP) is -2.36. The molecule has 0 amide bonds. The molecule has 0 fully saturated rings. The molecule has 0 spiro atoms. The first-order valence-corrected chi connectivity index (χ1v) is 2.23. The summed E-state index contributed by atoms with van der Waals surface area (Å²) in [6, 6.07) is 0. The third-order valence-electron chi connectivity index (χ3n) is 0.708. The summed E-state index contributed by atoms with van der Waals surface area (Å²) in [6.45, 7) is 0. The second kappa shape index (κ2) is 4.27. The maximum atomic E-state index is 9.95. The number of aromatic amines is 1. The van der Waals surface area contributed by atoms with Crippen LogP contribution in [0.2, 0.25) is 0 Å². The molecule has 0 aliphatic carbocycles. The molecular weight excluding hydrogens is 333 g/mol. The number of tetrazole rings is 1. The Hall–Kier alpha value is -0.577. The van der Waals surface area contributed by atoms with E-state index in [2.05, 4.69) is 20.6 Å². The van der Waals surface area contributed by atoms with E-state index < -0.39 is 5.97 Å². The van der Waals surface area contributed by atoms with E-state index in [1.807, 2.05) is 0 Å². The number of nitrogens with zero attached hydrogens (tertiary/aromatic N) is 3. The van der Waals surface area contributed by atoms with Crippen LogP contribution in [0.3, 0.4) is 0 Å². The van der Waals surface area contributed by atoms with Gasteiger partial charge in [0.1, 0.15) is 6.42 Å². The van der Waals surface area contributed by atoms with Crippen LogP contribution in [-0.4, -0.2) is 57.9 Å². The summed E-state index contributed by atoms with van der Waals surface area (Å²) in [4.78, 5) is 9.95. The molecule has 6 nitrogen and oxygen atoms in total. The Morgan fingerprint density at radius 3 is 2.80 bits per heavy atom. The third-order valence-corrected chi connectivity index (χ3v) is 0.708. The average Bonchev–Trinajstić information content (AvgIpc) is 2.15. The van der Waals surface area contributed by atoms with Crippen molar-refractivity contribution < 1.29 is 9.90 Å². The molecule has 0 unspecified atom stereocenters. The Bertz CT molecular complexity index is 198. The monoisotopic (exact) mass is 340 g/mol. The van der Waals surface area contributed by atoms with Crippen LogP contribution in [0.1, 0.15) is 5.82 Å². The van der Waals surface area contributed by atoms with Crippen molar-refractivity contribution in [3.05, 3.63) is 5.82 Å². The number of aromatic nitrogens is 4.